The van der Waals surface area contributed by atoms with Crippen molar-refractivity contribution in [2.24, 2.45) is 5.73 Å². The normalized spacial score (nSPS) is 13.9. The lowest BCUT2D eigenvalue weighted by Crippen LogP contribution is -2.43. The molecule has 0 amide bonds. The van der Waals surface area contributed by atoms with Gasteiger partial charge in [0.25, 0.3) is 0 Å². The Balaban J connectivity index is 3.35. The molecule has 0 fully saturated rings. The number of sulfonamides is 1. The first-order valence-corrected chi connectivity index (χ1v) is 9.22. The number of amidine groups is 1. The molecule has 0 aliphatic carbocycles. The van der Waals surface area contributed by atoms with Gasteiger partial charge in [0, 0.05) is 6.26 Å². The predicted molar refractivity (Wildman–Crippen MR) is 75.8 cm³/mol. The summed E-state index contributed by atoms with van der Waals surface area (Å²) in [7, 11) is -8.02. The van der Waals surface area contributed by atoms with Crippen molar-refractivity contribution in [1.82, 2.24) is 4.72 Å². The van der Waals surface area contributed by atoms with E-state index in [0.717, 1.165) is 24.5 Å². The number of nitrogens with one attached hydrogen (secondary N) is 2. The summed E-state index contributed by atoms with van der Waals surface area (Å²) in [6.45, 7) is 1.60. The van der Waals surface area contributed by atoms with Crippen molar-refractivity contribution in [2.45, 2.75) is 29.2 Å². The molecule has 1 rings (SSSR count). The van der Waals surface area contributed by atoms with Crippen molar-refractivity contribution >= 4 is 25.7 Å². The van der Waals surface area contributed by atoms with Gasteiger partial charge in [-0.3, -0.25) is 5.41 Å². The molecule has 118 valence electrons. The van der Waals surface area contributed by atoms with Crippen LogP contribution in [-0.4, -0.2) is 35.0 Å². The molecule has 7 nitrogen and oxygen atoms in total. The van der Waals surface area contributed by atoms with Gasteiger partial charge in [-0.05, 0) is 24.6 Å². The summed E-state index contributed by atoms with van der Waals surface area (Å²) in [6.07, 6.45) is 1.08. The maximum atomic E-state index is 13.7. The van der Waals surface area contributed by atoms with E-state index in [1.165, 1.54) is 0 Å². The summed E-state index contributed by atoms with van der Waals surface area (Å²) in [6, 6.07) is 1.49. The van der Waals surface area contributed by atoms with E-state index < -0.39 is 42.5 Å². The fraction of sp³-hybridized carbons (Fsp3) is 0.364. The molecule has 0 saturated heterocycles. The summed E-state index contributed by atoms with van der Waals surface area (Å²) >= 11 is 0. The number of hydrogen-bond donors (Lipinski definition) is 3. The van der Waals surface area contributed by atoms with E-state index in [1.54, 1.807) is 6.92 Å². The summed E-state index contributed by atoms with van der Waals surface area (Å²) in [5, 5.41) is 7.25. The third-order valence-corrected chi connectivity index (χ3v) is 5.30. The molecule has 0 aliphatic heterocycles. The molecule has 0 spiro atoms. The Morgan fingerprint density at radius 2 is 1.95 bits per heavy atom. The SMILES string of the molecule is CCC(NS(=O)(=O)c1cc(S(C)(=O)=O)ccc1F)C(=N)N. The molecule has 0 radical (unpaired) electrons. The zero-order valence-electron chi connectivity index (χ0n) is 11.4. The highest BCUT2D eigenvalue weighted by Crippen LogP contribution is 2.20. The number of halogens is 1. The summed E-state index contributed by atoms with van der Waals surface area (Å²) < 4.78 is 62.8. The number of rotatable bonds is 6. The highest BCUT2D eigenvalue weighted by Gasteiger charge is 2.25. The van der Waals surface area contributed by atoms with Gasteiger partial charge in [-0.15, -0.1) is 0 Å². The van der Waals surface area contributed by atoms with Crippen LogP contribution >= 0.6 is 0 Å². The number of sulfone groups is 1. The molecule has 1 unspecified atom stereocenters. The predicted octanol–water partition coefficient (Wildman–Crippen LogP) is 0.222. The van der Waals surface area contributed by atoms with Gasteiger partial charge >= 0.3 is 0 Å². The molecule has 0 aromatic heterocycles. The van der Waals surface area contributed by atoms with Gasteiger partial charge in [0.2, 0.25) is 10.0 Å². The Hall–Kier alpha value is -1.52. The van der Waals surface area contributed by atoms with E-state index >= 15 is 0 Å². The van der Waals surface area contributed by atoms with Crippen LogP contribution in [0.25, 0.3) is 0 Å². The Morgan fingerprint density at radius 3 is 2.38 bits per heavy atom. The highest BCUT2D eigenvalue weighted by molar-refractivity contribution is 7.91. The topological polar surface area (TPSA) is 130 Å². The second-order valence-corrected chi connectivity index (χ2v) is 8.10. The molecule has 21 heavy (non-hydrogen) atoms. The number of hydrogen-bond acceptors (Lipinski definition) is 5. The van der Waals surface area contributed by atoms with Crippen molar-refractivity contribution in [3.05, 3.63) is 24.0 Å². The maximum Gasteiger partial charge on any atom is 0.244 e. The molecule has 0 bridgehead atoms. The van der Waals surface area contributed by atoms with E-state index in [9.17, 15) is 21.2 Å². The van der Waals surface area contributed by atoms with E-state index in [4.69, 9.17) is 11.1 Å². The van der Waals surface area contributed by atoms with E-state index in [0.29, 0.717) is 0 Å². The van der Waals surface area contributed by atoms with E-state index in [-0.39, 0.29) is 11.3 Å². The van der Waals surface area contributed by atoms with Crippen LogP contribution in [-0.2, 0) is 19.9 Å². The van der Waals surface area contributed by atoms with Gasteiger partial charge in [0.15, 0.2) is 9.84 Å². The molecule has 0 heterocycles. The van der Waals surface area contributed by atoms with Gasteiger partial charge < -0.3 is 5.73 Å². The lowest BCUT2D eigenvalue weighted by atomic mass is 10.2. The fourth-order valence-corrected chi connectivity index (χ4v) is 3.66. The minimum atomic E-state index is -4.34. The van der Waals surface area contributed by atoms with Crippen LogP contribution in [0.5, 0.6) is 0 Å². The molecular formula is C11H16FN3O4S2. The number of benzene rings is 1. The average molecular weight is 337 g/mol. The molecule has 4 N–H and O–H groups in total. The fourth-order valence-electron chi connectivity index (χ4n) is 1.54. The summed E-state index contributed by atoms with van der Waals surface area (Å²) in [5.41, 5.74) is 5.24. The van der Waals surface area contributed by atoms with Crippen LogP contribution in [0.2, 0.25) is 0 Å². The smallest absolute Gasteiger partial charge is 0.244 e. The van der Waals surface area contributed by atoms with Gasteiger partial charge in [0.1, 0.15) is 16.5 Å². The molecule has 0 aliphatic rings. The van der Waals surface area contributed by atoms with Crippen LogP contribution in [0.15, 0.2) is 28.0 Å². The molecule has 1 atom stereocenters. The Morgan fingerprint density at radius 1 is 1.38 bits per heavy atom. The van der Waals surface area contributed by atoms with Crippen molar-refractivity contribution in [3.63, 3.8) is 0 Å². The summed E-state index contributed by atoms with van der Waals surface area (Å²) in [5.74, 6) is -1.51. The molecule has 1 aromatic carbocycles. The third-order valence-electron chi connectivity index (χ3n) is 2.70. The number of nitrogens with two attached hydrogens (primary N) is 1. The van der Waals surface area contributed by atoms with Gasteiger partial charge in [0.05, 0.1) is 10.9 Å². The monoisotopic (exact) mass is 337 g/mol. The first kappa shape index (κ1) is 17.5. The van der Waals surface area contributed by atoms with Crippen molar-refractivity contribution in [3.8, 4) is 0 Å². The standard InChI is InChI=1S/C11H16FN3O4S2/c1-3-9(11(13)14)15-21(18,19)10-6-7(20(2,16)17)4-5-8(10)12/h4-6,9,15H,3H2,1-2H3,(H3,13,14). The quantitative estimate of drug-likeness (QED) is 0.388. The Labute approximate surface area is 122 Å². The Bertz CT molecular complexity index is 760. The first-order chi connectivity index (χ1) is 9.49. The highest BCUT2D eigenvalue weighted by atomic mass is 32.2. The van der Waals surface area contributed by atoms with Crippen LogP contribution in [0.4, 0.5) is 4.39 Å². The molecule has 0 saturated carbocycles. The van der Waals surface area contributed by atoms with Crippen LogP contribution in [0, 0.1) is 11.2 Å². The zero-order valence-corrected chi connectivity index (χ0v) is 13.1. The van der Waals surface area contributed by atoms with E-state index in [2.05, 4.69) is 4.72 Å². The minimum absolute atomic E-state index is 0.196. The molecular weight excluding hydrogens is 321 g/mol. The lowest BCUT2D eigenvalue weighted by molar-refractivity contribution is 0.548. The summed E-state index contributed by atoms with van der Waals surface area (Å²) in [4.78, 5) is -1.12. The van der Waals surface area contributed by atoms with Crippen LogP contribution in [0.3, 0.4) is 0 Å². The second-order valence-electron chi connectivity index (χ2n) is 4.40. The Kier molecular flexibility index (Phi) is 5.07. The first-order valence-electron chi connectivity index (χ1n) is 5.85. The average Bonchev–Trinajstić information content (AvgIpc) is 2.34. The lowest BCUT2D eigenvalue weighted by Gasteiger charge is -2.16. The van der Waals surface area contributed by atoms with Crippen molar-refractivity contribution < 1.29 is 21.2 Å². The van der Waals surface area contributed by atoms with Crippen LogP contribution in [0.1, 0.15) is 13.3 Å². The maximum absolute atomic E-state index is 13.7. The van der Waals surface area contributed by atoms with Gasteiger partial charge in [-0.2, -0.15) is 0 Å². The van der Waals surface area contributed by atoms with Gasteiger partial charge in [-0.1, -0.05) is 6.92 Å². The third kappa shape index (κ3) is 4.22. The van der Waals surface area contributed by atoms with Gasteiger partial charge in [-0.25, -0.2) is 25.9 Å². The second kappa shape index (κ2) is 6.08. The zero-order chi connectivity index (χ0) is 16.4. The van der Waals surface area contributed by atoms with Crippen LogP contribution < -0.4 is 10.5 Å². The van der Waals surface area contributed by atoms with Crippen molar-refractivity contribution in [1.29, 1.82) is 5.41 Å². The van der Waals surface area contributed by atoms with E-state index in [1.807, 2.05) is 0 Å². The minimum Gasteiger partial charge on any atom is -0.386 e. The molecule has 10 heteroatoms. The van der Waals surface area contributed by atoms with Crippen molar-refractivity contribution in [2.75, 3.05) is 6.26 Å². The molecule has 1 aromatic rings. The largest absolute Gasteiger partial charge is 0.386 e.